The van der Waals surface area contributed by atoms with E-state index in [1.165, 1.54) is 30.6 Å². The molecule has 0 amide bonds. The van der Waals surface area contributed by atoms with Crippen molar-refractivity contribution in [2.45, 2.75) is 6.61 Å². The Labute approximate surface area is 159 Å². The molecule has 1 heterocycles. The van der Waals surface area contributed by atoms with Crippen molar-refractivity contribution in [2.75, 3.05) is 0 Å². The van der Waals surface area contributed by atoms with Gasteiger partial charge in [0, 0.05) is 24.5 Å². The van der Waals surface area contributed by atoms with E-state index in [0.717, 1.165) is 5.56 Å². The molecular formula is C19H13ClN2O5. The monoisotopic (exact) mass is 384 g/mol. The van der Waals surface area contributed by atoms with Crippen molar-refractivity contribution in [3.05, 3.63) is 93.3 Å². The van der Waals surface area contributed by atoms with Crippen LogP contribution in [0.1, 0.15) is 15.9 Å². The lowest BCUT2D eigenvalue weighted by Gasteiger charge is -2.09. The summed E-state index contributed by atoms with van der Waals surface area (Å²) in [7, 11) is 0. The van der Waals surface area contributed by atoms with E-state index in [0.29, 0.717) is 17.1 Å². The minimum atomic E-state index is -0.530. The van der Waals surface area contributed by atoms with Crippen molar-refractivity contribution in [3.8, 4) is 11.5 Å². The van der Waals surface area contributed by atoms with E-state index >= 15 is 0 Å². The van der Waals surface area contributed by atoms with Crippen LogP contribution in [0.2, 0.25) is 5.02 Å². The third-order valence-electron chi connectivity index (χ3n) is 3.56. The fraction of sp³-hybridized carbons (Fsp3) is 0.0526. The summed E-state index contributed by atoms with van der Waals surface area (Å²) in [4.78, 5) is 25.9. The van der Waals surface area contributed by atoms with Crippen molar-refractivity contribution in [1.29, 1.82) is 0 Å². The van der Waals surface area contributed by atoms with Crippen molar-refractivity contribution < 1.29 is 19.2 Å². The maximum absolute atomic E-state index is 11.9. The Morgan fingerprint density at radius 2 is 1.78 bits per heavy atom. The molecule has 27 heavy (non-hydrogen) atoms. The topological polar surface area (TPSA) is 91.6 Å². The summed E-state index contributed by atoms with van der Waals surface area (Å²) >= 11 is 6.01. The van der Waals surface area contributed by atoms with Gasteiger partial charge in [-0.1, -0.05) is 23.7 Å². The molecule has 0 aliphatic heterocycles. The van der Waals surface area contributed by atoms with Gasteiger partial charge in [-0.2, -0.15) is 0 Å². The molecule has 0 aliphatic carbocycles. The van der Waals surface area contributed by atoms with Crippen LogP contribution in [0.25, 0.3) is 0 Å². The zero-order chi connectivity index (χ0) is 19.2. The summed E-state index contributed by atoms with van der Waals surface area (Å²) in [6.07, 6.45) is 3.04. The number of nitro benzene ring substituents is 1. The number of non-ortho nitro benzene ring substituents is 1. The van der Waals surface area contributed by atoms with E-state index in [4.69, 9.17) is 21.1 Å². The number of nitrogens with zero attached hydrogens (tertiary/aromatic N) is 2. The number of hydrogen-bond donors (Lipinski definition) is 0. The number of carbonyl (C=O) groups is 1. The fourth-order valence-electron chi connectivity index (χ4n) is 2.19. The Hall–Kier alpha value is -3.45. The minimum Gasteiger partial charge on any atom is -0.457 e. The number of pyridine rings is 1. The normalized spacial score (nSPS) is 10.3. The van der Waals surface area contributed by atoms with E-state index in [1.807, 2.05) is 0 Å². The SMILES string of the molecule is O=C(OCc1ccc(Oc2ccc([N+](=O)[O-])cc2Cl)cc1)c1ccncc1. The second-order valence-corrected chi connectivity index (χ2v) is 5.84. The highest BCUT2D eigenvalue weighted by atomic mass is 35.5. The molecule has 0 unspecified atom stereocenters. The van der Waals surface area contributed by atoms with Crippen LogP contribution in [0.3, 0.4) is 0 Å². The quantitative estimate of drug-likeness (QED) is 0.344. The number of benzene rings is 2. The average molecular weight is 385 g/mol. The Morgan fingerprint density at radius 3 is 2.41 bits per heavy atom. The zero-order valence-corrected chi connectivity index (χ0v) is 14.6. The van der Waals surface area contributed by atoms with Crippen LogP contribution in [-0.2, 0) is 11.3 Å². The number of nitro groups is 1. The van der Waals surface area contributed by atoms with E-state index in [1.54, 1.807) is 36.4 Å². The van der Waals surface area contributed by atoms with Gasteiger partial charge in [0.15, 0.2) is 0 Å². The number of halogens is 1. The summed E-state index contributed by atoms with van der Waals surface area (Å²) in [5, 5.41) is 10.9. The van der Waals surface area contributed by atoms with Crippen LogP contribution in [0, 0.1) is 10.1 Å². The van der Waals surface area contributed by atoms with Gasteiger partial charge in [0.2, 0.25) is 0 Å². The first-order valence-electron chi connectivity index (χ1n) is 7.81. The van der Waals surface area contributed by atoms with Crippen molar-refractivity contribution in [1.82, 2.24) is 4.98 Å². The summed E-state index contributed by atoms with van der Waals surface area (Å²) in [6.45, 7) is 0.111. The molecule has 3 rings (SSSR count). The van der Waals surface area contributed by atoms with Gasteiger partial charge in [-0.05, 0) is 35.9 Å². The summed E-state index contributed by atoms with van der Waals surface area (Å²) in [6, 6.07) is 14.0. The largest absolute Gasteiger partial charge is 0.457 e. The predicted molar refractivity (Wildman–Crippen MR) is 98.0 cm³/mol. The second kappa shape index (κ2) is 8.29. The standard InChI is InChI=1S/C19H13ClN2O5/c20-17-11-15(22(24)25)3-6-18(17)27-16-4-1-13(2-5-16)12-26-19(23)14-7-9-21-10-8-14/h1-11H,12H2. The van der Waals surface area contributed by atoms with Crippen LogP contribution in [0.5, 0.6) is 11.5 Å². The summed E-state index contributed by atoms with van der Waals surface area (Å²) in [5.74, 6) is 0.365. The molecule has 0 spiro atoms. The second-order valence-electron chi connectivity index (χ2n) is 5.43. The number of aromatic nitrogens is 1. The van der Waals surface area contributed by atoms with Crippen LogP contribution < -0.4 is 4.74 Å². The first kappa shape index (κ1) is 18.3. The number of carbonyl (C=O) groups excluding carboxylic acids is 1. The molecule has 136 valence electrons. The lowest BCUT2D eigenvalue weighted by molar-refractivity contribution is -0.384. The highest BCUT2D eigenvalue weighted by Gasteiger charge is 2.11. The molecular weight excluding hydrogens is 372 g/mol. The van der Waals surface area contributed by atoms with Gasteiger partial charge in [-0.15, -0.1) is 0 Å². The Morgan fingerprint density at radius 1 is 1.07 bits per heavy atom. The maximum Gasteiger partial charge on any atom is 0.338 e. The van der Waals surface area contributed by atoms with E-state index < -0.39 is 10.9 Å². The number of hydrogen-bond acceptors (Lipinski definition) is 6. The molecule has 0 saturated heterocycles. The highest BCUT2D eigenvalue weighted by Crippen LogP contribution is 2.32. The first-order chi connectivity index (χ1) is 13.0. The Kier molecular flexibility index (Phi) is 5.63. The van der Waals surface area contributed by atoms with Crippen molar-refractivity contribution in [2.24, 2.45) is 0 Å². The lowest BCUT2D eigenvalue weighted by Crippen LogP contribution is -2.05. The van der Waals surface area contributed by atoms with Gasteiger partial charge < -0.3 is 9.47 Å². The molecule has 8 heteroatoms. The molecule has 0 bridgehead atoms. The van der Waals surface area contributed by atoms with Crippen LogP contribution in [0.4, 0.5) is 5.69 Å². The van der Waals surface area contributed by atoms with Gasteiger partial charge in [-0.3, -0.25) is 15.1 Å². The highest BCUT2D eigenvalue weighted by molar-refractivity contribution is 6.32. The Balaban J connectivity index is 1.60. The van der Waals surface area contributed by atoms with Gasteiger partial charge >= 0.3 is 5.97 Å². The van der Waals surface area contributed by atoms with Crippen molar-refractivity contribution >= 4 is 23.3 Å². The molecule has 0 aliphatic rings. The summed E-state index contributed by atoms with van der Waals surface area (Å²) < 4.78 is 10.9. The number of ether oxygens (including phenoxy) is 2. The van der Waals surface area contributed by atoms with Gasteiger partial charge in [0.1, 0.15) is 18.1 Å². The van der Waals surface area contributed by atoms with Crippen LogP contribution >= 0.6 is 11.6 Å². The van der Waals surface area contributed by atoms with E-state index in [-0.39, 0.29) is 17.3 Å². The smallest absolute Gasteiger partial charge is 0.338 e. The lowest BCUT2D eigenvalue weighted by atomic mass is 10.2. The molecule has 2 aromatic carbocycles. The van der Waals surface area contributed by atoms with E-state index in [2.05, 4.69) is 4.98 Å². The molecule has 0 saturated carbocycles. The Bertz CT molecular complexity index is 962. The number of esters is 1. The van der Waals surface area contributed by atoms with Gasteiger partial charge in [0.05, 0.1) is 15.5 Å². The molecule has 7 nitrogen and oxygen atoms in total. The van der Waals surface area contributed by atoms with Crippen LogP contribution in [0.15, 0.2) is 67.0 Å². The maximum atomic E-state index is 11.9. The molecule has 0 atom stereocenters. The predicted octanol–water partition coefficient (Wildman–Crippen LogP) is 4.79. The number of rotatable bonds is 6. The fourth-order valence-corrected chi connectivity index (χ4v) is 2.40. The van der Waals surface area contributed by atoms with Crippen molar-refractivity contribution in [3.63, 3.8) is 0 Å². The third-order valence-corrected chi connectivity index (χ3v) is 3.86. The average Bonchev–Trinajstić information content (AvgIpc) is 2.69. The minimum absolute atomic E-state index is 0.111. The third kappa shape index (κ3) is 4.80. The first-order valence-corrected chi connectivity index (χ1v) is 8.18. The molecule has 0 fully saturated rings. The van der Waals surface area contributed by atoms with Gasteiger partial charge in [-0.25, -0.2) is 4.79 Å². The molecule has 3 aromatic rings. The van der Waals surface area contributed by atoms with Gasteiger partial charge in [0.25, 0.3) is 5.69 Å². The summed E-state index contributed by atoms with van der Waals surface area (Å²) in [5.41, 5.74) is 1.09. The zero-order valence-electron chi connectivity index (χ0n) is 13.9. The molecule has 0 N–H and O–H groups in total. The molecule has 0 radical (unpaired) electrons. The van der Waals surface area contributed by atoms with E-state index in [9.17, 15) is 14.9 Å². The molecule has 1 aromatic heterocycles. The van der Waals surface area contributed by atoms with Crippen LogP contribution in [-0.4, -0.2) is 15.9 Å².